The number of nitro benzene ring substituents is 1. The van der Waals surface area contributed by atoms with Gasteiger partial charge < -0.3 is 29.9 Å². The van der Waals surface area contributed by atoms with Crippen LogP contribution in [-0.4, -0.2) is 70.3 Å². The number of piperazine rings is 1. The van der Waals surface area contributed by atoms with E-state index in [1.54, 1.807) is 26.4 Å². The monoisotopic (exact) mass is 547 g/mol. The predicted octanol–water partition coefficient (Wildman–Crippen LogP) is 3.95. The van der Waals surface area contributed by atoms with Crippen molar-refractivity contribution in [1.29, 1.82) is 0 Å². The first-order chi connectivity index (χ1) is 19.4. The van der Waals surface area contributed by atoms with Crippen molar-refractivity contribution in [1.82, 2.24) is 5.32 Å². The number of nitrogens with one attached hydrogen (secondary N) is 2. The topological polar surface area (TPSA) is 126 Å². The second-order valence-electron chi connectivity index (χ2n) is 9.24. The van der Waals surface area contributed by atoms with Crippen molar-refractivity contribution in [3.05, 3.63) is 88.0 Å². The van der Waals surface area contributed by atoms with Crippen LogP contribution in [0.25, 0.3) is 0 Å². The second kappa shape index (κ2) is 13.4. The molecule has 1 fully saturated rings. The van der Waals surface area contributed by atoms with Gasteiger partial charge in [0.05, 0.1) is 23.3 Å². The molecule has 2 amide bonds. The van der Waals surface area contributed by atoms with E-state index in [1.165, 1.54) is 24.3 Å². The molecule has 11 nitrogen and oxygen atoms in total. The SMILES string of the molecule is COCCCNC(=O)c1cc(NC(=O)c2cccc([N+](=O)[O-])c2)ccc1N1CCN(c2ccccc2OC)CC1. The highest BCUT2D eigenvalue weighted by molar-refractivity contribution is 6.06. The average Bonchev–Trinajstić information content (AvgIpc) is 2.99. The lowest BCUT2D eigenvalue weighted by molar-refractivity contribution is -0.384. The summed E-state index contributed by atoms with van der Waals surface area (Å²) in [5.41, 5.74) is 2.61. The number of hydrogen-bond donors (Lipinski definition) is 2. The number of non-ortho nitro benzene ring substituents is 1. The zero-order valence-corrected chi connectivity index (χ0v) is 22.6. The fourth-order valence-electron chi connectivity index (χ4n) is 4.63. The van der Waals surface area contributed by atoms with Crippen LogP contribution in [0.5, 0.6) is 5.75 Å². The molecule has 0 aliphatic carbocycles. The molecule has 0 saturated carbocycles. The molecule has 1 aliphatic heterocycles. The third kappa shape index (κ3) is 6.86. The maximum absolute atomic E-state index is 13.3. The lowest BCUT2D eigenvalue weighted by Crippen LogP contribution is -2.47. The molecular weight excluding hydrogens is 514 g/mol. The Labute approximate surface area is 232 Å². The van der Waals surface area contributed by atoms with Crippen molar-refractivity contribution < 1.29 is 24.0 Å². The summed E-state index contributed by atoms with van der Waals surface area (Å²) in [5.74, 6) is 0.0500. The number of anilines is 3. The van der Waals surface area contributed by atoms with Crippen LogP contribution in [0.4, 0.5) is 22.7 Å². The molecule has 11 heteroatoms. The van der Waals surface area contributed by atoms with E-state index in [-0.39, 0.29) is 17.2 Å². The van der Waals surface area contributed by atoms with Crippen LogP contribution >= 0.6 is 0 Å². The summed E-state index contributed by atoms with van der Waals surface area (Å²) >= 11 is 0. The molecule has 1 aliphatic rings. The summed E-state index contributed by atoms with van der Waals surface area (Å²) in [7, 11) is 3.27. The third-order valence-corrected chi connectivity index (χ3v) is 6.68. The lowest BCUT2D eigenvalue weighted by atomic mass is 10.1. The predicted molar refractivity (Wildman–Crippen MR) is 154 cm³/mol. The minimum Gasteiger partial charge on any atom is -0.495 e. The Balaban J connectivity index is 1.54. The maximum atomic E-state index is 13.3. The Kier molecular flexibility index (Phi) is 9.53. The highest BCUT2D eigenvalue weighted by Crippen LogP contribution is 2.31. The molecule has 40 heavy (non-hydrogen) atoms. The highest BCUT2D eigenvalue weighted by atomic mass is 16.6. The van der Waals surface area contributed by atoms with E-state index in [1.807, 2.05) is 30.3 Å². The first-order valence-electron chi connectivity index (χ1n) is 13.0. The summed E-state index contributed by atoms with van der Waals surface area (Å²) in [6, 6.07) is 18.6. The molecule has 1 saturated heterocycles. The number of hydrogen-bond acceptors (Lipinski definition) is 8. The molecule has 0 radical (unpaired) electrons. The van der Waals surface area contributed by atoms with E-state index in [4.69, 9.17) is 9.47 Å². The first kappa shape index (κ1) is 28.4. The van der Waals surface area contributed by atoms with E-state index in [0.29, 0.717) is 43.9 Å². The highest BCUT2D eigenvalue weighted by Gasteiger charge is 2.24. The van der Waals surface area contributed by atoms with Gasteiger partial charge in [-0.2, -0.15) is 0 Å². The first-order valence-corrected chi connectivity index (χ1v) is 13.0. The van der Waals surface area contributed by atoms with Crippen LogP contribution in [0.1, 0.15) is 27.1 Å². The van der Waals surface area contributed by atoms with E-state index in [2.05, 4.69) is 20.4 Å². The van der Waals surface area contributed by atoms with Crippen molar-refractivity contribution in [2.45, 2.75) is 6.42 Å². The fraction of sp³-hybridized carbons (Fsp3) is 0.310. The number of nitrogens with zero attached hydrogens (tertiary/aromatic N) is 3. The Hall–Kier alpha value is -4.64. The van der Waals surface area contributed by atoms with Gasteiger partial charge >= 0.3 is 0 Å². The van der Waals surface area contributed by atoms with Gasteiger partial charge in [0, 0.05) is 75.5 Å². The van der Waals surface area contributed by atoms with E-state index < -0.39 is 10.8 Å². The fourth-order valence-corrected chi connectivity index (χ4v) is 4.63. The number of methoxy groups -OCH3 is 2. The zero-order valence-electron chi connectivity index (χ0n) is 22.6. The van der Waals surface area contributed by atoms with Crippen LogP contribution in [-0.2, 0) is 4.74 Å². The molecular formula is C29H33N5O6. The van der Waals surface area contributed by atoms with Crippen molar-refractivity contribution in [2.24, 2.45) is 0 Å². The van der Waals surface area contributed by atoms with Gasteiger partial charge in [-0.05, 0) is 42.8 Å². The zero-order chi connectivity index (χ0) is 28.5. The van der Waals surface area contributed by atoms with Crippen LogP contribution in [0.15, 0.2) is 66.7 Å². The smallest absolute Gasteiger partial charge is 0.270 e. The van der Waals surface area contributed by atoms with Gasteiger partial charge in [-0.25, -0.2) is 0 Å². The Morgan fingerprint density at radius 3 is 2.33 bits per heavy atom. The number of benzene rings is 3. The summed E-state index contributed by atoms with van der Waals surface area (Å²) in [6.45, 7) is 3.80. The maximum Gasteiger partial charge on any atom is 0.270 e. The molecule has 4 rings (SSSR count). The third-order valence-electron chi connectivity index (χ3n) is 6.68. The van der Waals surface area contributed by atoms with Gasteiger partial charge in [0.25, 0.3) is 17.5 Å². The summed E-state index contributed by atoms with van der Waals surface area (Å²) in [5, 5.41) is 16.8. The quantitative estimate of drug-likeness (QED) is 0.210. The number of carbonyl (C=O) groups excluding carboxylic acids is 2. The molecule has 0 bridgehead atoms. The number of ether oxygens (including phenoxy) is 2. The largest absolute Gasteiger partial charge is 0.495 e. The van der Waals surface area contributed by atoms with Crippen molar-refractivity contribution in [3.63, 3.8) is 0 Å². The van der Waals surface area contributed by atoms with E-state index in [0.717, 1.165) is 30.2 Å². The lowest BCUT2D eigenvalue weighted by Gasteiger charge is -2.38. The van der Waals surface area contributed by atoms with E-state index in [9.17, 15) is 19.7 Å². The Morgan fingerprint density at radius 1 is 0.900 bits per heavy atom. The minimum absolute atomic E-state index is 0.149. The Bertz CT molecular complexity index is 1360. The van der Waals surface area contributed by atoms with Crippen molar-refractivity contribution >= 4 is 34.6 Å². The van der Waals surface area contributed by atoms with Crippen LogP contribution in [0.2, 0.25) is 0 Å². The number of para-hydroxylation sites is 2. The van der Waals surface area contributed by atoms with Gasteiger partial charge in [-0.15, -0.1) is 0 Å². The van der Waals surface area contributed by atoms with Crippen LogP contribution < -0.4 is 25.2 Å². The van der Waals surface area contributed by atoms with Gasteiger partial charge in [0.2, 0.25) is 0 Å². The molecule has 3 aromatic rings. The number of amides is 2. The van der Waals surface area contributed by atoms with Gasteiger partial charge in [-0.1, -0.05) is 18.2 Å². The molecule has 3 aromatic carbocycles. The molecule has 0 spiro atoms. The standard InChI is InChI=1S/C29H33N5O6/c1-39-18-6-13-30-29(36)24-20-22(31-28(35)21-7-5-8-23(19-21)34(37)38)11-12-25(24)32-14-16-33(17-15-32)26-9-3-4-10-27(26)40-2/h3-5,7-12,19-20H,6,13-18H2,1-2H3,(H,30,36)(H,31,35). The molecule has 210 valence electrons. The van der Waals surface area contributed by atoms with E-state index >= 15 is 0 Å². The minimum atomic E-state index is -0.550. The second-order valence-corrected chi connectivity index (χ2v) is 9.24. The summed E-state index contributed by atoms with van der Waals surface area (Å²) in [6.07, 6.45) is 0.665. The molecule has 0 atom stereocenters. The van der Waals surface area contributed by atoms with Crippen molar-refractivity contribution in [3.8, 4) is 5.75 Å². The molecule has 2 N–H and O–H groups in total. The van der Waals surface area contributed by atoms with Gasteiger partial charge in [0.15, 0.2) is 0 Å². The molecule has 0 unspecified atom stereocenters. The summed E-state index contributed by atoms with van der Waals surface area (Å²) < 4.78 is 10.6. The number of carbonyl (C=O) groups is 2. The number of rotatable bonds is 11. The van der Waals surface area contributed by atoms with Gasteiger partial charge in [-0.3, -0.25) is 19.7 Å². The number of nitro groups is 1. The average molecular weight is 548 g/mol. The molecule has 1 heterocycles. The Morgan fingerprint density at radius 2 is 1.62 bits per heavy atom. The normalized spacial score (nSPS) is 13.1. The van der Waals surface area contributed by atoms with Gasteiger partial charge in [0.1, 0.15) is 5.75 Å². The van der Waals surface area contributed by atoms with Crippen LogP contribution in [0, 0.1) is 10.1 Å². The van der Waals surface area contributed by atoms with Crippen molar-refractivity contribution in [2.75, 3.05) is 68.7 Å². The summed E-state index contributed by atoms with van der Waals surface area (Å²) in [4.78, 5) is 41.1. The van der Waals surface area contributed by atoms with Crippen LogP contribution in [0.3, 0.4) is 0 Å². The molecule has 0 aromatic heterocycles.